The summed E-state index contributed by atoms with van der Waals surface area (Å²) in [5.74, 6) is 0. The summed E-state index contributed by atoms with van der Waals surface area (Å²) in [5.41, 5.74) is 4.48. The Kier molecular flexibility index (Phi) is 9.94. The van der Waals surface area contributed by atoms with E-state index in [4.69, 9.17) is 0 Å². The summed E-state index contributed by atoms with van der Waals surface area (Å²) in [7, 11) is 0. The molecule has 0 unspecified atom stereocenters. The monoisotopic (exact) mass is 350 g/mol. The minimum Gasteiger partial charge on any atom is -0.0785 e. The Labute approximate surface area is 162 Å². The Morgan fingerprint density at radius 1 is 0.692 bits per heavy atom. The largest absolute Gasteiger partial charge is 0.0785 e. The van der Waals surface area contributed by atoms with Crippen molar-refractivity contribution in [2.45, 2.75) is 55.9 Å². The molecule has 0 saturated carbocycles. The summed E-state index contributed by atoms with van der Waals surface area (Å²) in [6, 6.07) is 20.9. The van der Waals surface area contributed by atoms with E-state index in [1.807, 2.05) is 12.1 Å². The van der Waals surface area contributed by atoms with E-state index >= 15 is 0 Å². The van der Waals surface area contributed by atoms with Crippen molar-refractivity contribution >= 4 is 11.6 Å². The van der Waals surface area contributed by atoms with Crippen LogP contribution in [0.5, 0.6) is 0 Å². The van der Waals surface area contributed by atoms with Gasteiger partial charge in [-0.2, -0.15) is 0 Å². The third-order valence-corrected chi connectivity index (χ3v) is 3.45. The van der Waals surface area contributed by atoms with Gasteiger partial charge in [0.2, 0.25) is 0 Å². The quantitative estimate of drug-likeness (QED) is 0.509. The first-order chi connectivity index (χ1) is 11.6. The van der Waals surface area contributed by atoms with E-state index < -0.39 is 0 Å². The molecule has 0 radical (unpaired) electrons. The lowest BCUT2D eigenvalue weighted by molar-refractivity contribution is 0.545. The fraction of sp³-hybridized carbons (Fsp3) is 0.385. The molecule has 0 fully saturated rings. The van der Waals surface area contributed by atoms with E-state index in [1.54, 1.807) is 0 Å². The smallest absolute Gasteiger partial charge is 0.0197 e. The van der Waals surface area contributed by atoms with Crippen LogP contribution in [-0.4, -0.2) is 0 Å². The highest BCUT2D eigenvalue weighted by atomic mass is 14.1. The van der Waals surface area contributed by atoms with Crippen LogP contribution in [0.3, 0.4) is 0 Å². The van der Waals surface area contributed by atoms with Crippen LogP contribution in [0.25, 0.3) is 11.6 Å². The molecular weight excluding hydrogens is 312 g/mol. The molecule has 0 N–H and O–H groups in total. The molecule has 0 saturated heterocycles. The molecule has 0 aliphatic heterocycles. The minimum absolute atomic E-state index is 0. The van der Waals surface area contributed by atoms with Gasteiger partial charge in [-0.25, -0.2) is 0 Å². The average molecular weight is 351 g/mol. The van der Waals surface area contributed by atoms with Gasteiger partial charge in [0.25, 0.3) is 0 Å². The van der Waals surface area contributed by atoms with Gasteiger partial charge in [-0.3, -0.25) is 0 Å². The maximum absolute atomic E-state index is 2.31. The Balaban J connectivity index is 0.000000464. The van der Waals surface area contributed by atoms with Gasteiger partial charge >= 0.3 is 0 Å². The van der Waals surface area contributed by atoms with E-state index in [0.29, 0.717) is 0 Å². The predicted octanol–water partition coefficient (Wildman–Crippen LogP) is 8.52. The molecule has 0 spiro atoms. The molecule has 0 heterocycles. The normalized spacial score (nSPS) is 12.2. The van der Waals surface area contributed by atoms with Gasteiger partial charge < -0.3 is 0 Å². The van der Waals surface area contributed by atoms with E-state index in [1.165, 1.54) is 16.7 Å². The van der Waals surface area contributed by atoms with Crippen molar-refractivity contribution in [1.29, 1.82) is 0 Å². The Hall–Kier alpha value is -2.08. The maximum atomic E-state index is 2.31. The van der Waals surface area contributed by atoms with Crippen molar-refractivity contribution in [3.8, 4) is 0 Å². The lowest BCUT2D eigenvalue weighted by atomic mass is 9.92. The summed E-state index contributed by atoms with van der Waals surface area (Å²) in [5, 5.41) is 0. The number of benzene rings is 2. The molecule has 142 valence electrons. The highest BCUT2D eigenvalue weighted by Gasteiger charge is 2.06. The predicted molar refractivity (Wildman–Crippen MR) is 121 cm³/mol. The molecule has 0 nitrogen and oxygen atoms in total. The van der Waals surface area contributed by atoms with Gasteiger partial charge in [0, 0.05) is 0 Å². The van der Waals surface area contributed by atoms with E-state index in [9.17, 15) is 0 Å². The second-order valence-electron chi connectivity index (χ2n) is 8.67. The Morgan fingerprint density at radius 3 is 1.58 bits per heavy atom. The van der Waals surface area contributed by atoms with Gasteiger partial charge in [0.05, 0.1) is 0 Å². The van der Waals surface area contributed by atoms with Gasteiger partial charge in [0.15, 0.2) is 0 Å². The maximum Gasteiger partial charge on any atom is -0.0197 e. The summed E-state index contributed by atoms with van der Waals surface area (Å²) < 4.78 is 0. The Morgan fingerprint density at radius 2 is 1.15 bits per heavy atom. The summed E-state index contributed by atoms with van der Waals surface area (Å²) >= 11 is 0. The molecule has 2 aromatic carbocycles. The molecule has 0 aliphatic rings. The molecule has 0 heteroatoms. The molecule has 2 aromatic rings. The average Bonchev–Trinajstić information content (AvgIpc) is 2.53. The molecule has 0 aromatic heterocycles. The first-order valence-corrected chi connectivity index (χ1v) is 9.06. The van der Waals surface area contributed by atoms with Crippen LogP contribution < -0.4 is 0 Å². The van der Waals surface area contributed by atoms with Crippen molar-refractivity contribution in [1.82, 2.24) is 0 Å². The van der Waals surface area contributed by atoms with Crippen molar-refractivity contribution in [2.75, 3.05) is 0 Å². The van der Waals surface area contributed by atoms with Crippen LogP contribution in [0.2, 0.25) is 0 Å². The van der Waals surface area contributed by atoms with Crippen LogP contribution in [0.15, 0.2) is 72.8 Å². The summed E-state index contributed by atoms with van der Waals surface area (Å²) in [6.07, 6.45) is 6.70. The molecule has 0 bridgehead atoms. The van der Waals surface area contributed by atoms with Gasteiger partial charge in [-0.15, -0.1) is 0 Å². The van der Waals surface area contributed by atoms with Crippen molar-refractivity contribution < 1.29 is 0 Å². The zero-order valence-electron chi connectivity index (χ0n) is 17.0. The molecule has 26 heavy (non-hydrogen) atoms. The lowest BCUT2D eigenvalue weighted by Crippen LogP contribution is -2.00. The first-order valence-electron chi connectivity index (χ1n) is 9.06. The van der Waals surface area contributed by atoms with Gasteiger partial charge in [-0.05, 0) is 34.5 Å². The van der Waals surface area contributed by atoms with Crippen molar-refractivity contribution in [3.63, 3.8) is 0 Å². The van der Waals surface area contributed by atoms with Crippen molar-refractivity contribution in [3.05, 3.63) is 83.9 Å². The summed E-state index contributed by atoms with van der Waals surface area (Å²) in [6.45, 7) is 15.4. The fourth-order valence-corrected chi connectivity index (χ4v) is 2.34. The topological polar surface area (TPSA) is 0 Å². The highest BCUT2D eigenvalue weighted by molar-refractivity contribution is 5.64. The fourth-order valence-electron chi connectivity index (χ4n) is 2.34. The van der Waals surface area contributed by atoms with Crippen LogP contribution >= 0.6 is 0 Å². The van der Waals surface area contributed by atoms with Crippen LogP contribution in [0.1, 0.15) is 67.0 Å². The van der Waals surface area contributed by atoms with E-state index in [-0.39, 0.29) is 18.3 Å². The van der Waals surface area contributed by atoms with Gasteiger partial charge in [-0.1, -0.05) is 128 Å². The second kappa shape index (κ2) is 10.8. The third kappa shape index (κ3) is 11.5. The SMILES string of the molecule is C.C/C(=C\C(C)(C)C)c1ccccc1.CC(C)(C)/C=C/c1ccccc1. The molecule has 2 rings (SSSR count). The zero-order chi connectivity index (χ0) is 18.9. The molecule has 0 atom stereocenters. The van der Waals surface area contributed by atoms with Crippen LogP contribution in [0.4, 0.5) is 0 Å². The van der Waals surface area contributed by atoms with E-state index in [0.717, 1.165) is 0 Å². The van der Waals surface area contributed by atoms with Crippen LogP contribution in [-0.2, 0) is 0 Å². The molecule has 0 aliphatic carbocycles. The first kappa shape index (κ1) is 23.9. The van der Waals surface area contributed by atoms with E-state index in [2.05, 4.69) is 115 Å². The summed E-state index contributed by atoms with van der Waals surface area (Å²) in [4.78, 5) is 0. The highest BCUT2D eigenvalue weighted by Crippen LogP contribution is 2.22. The Bertz CT molecular complexity index is 659. The minimum atomic E-state index is 0. The van der Waals surface area contributed by atoms with Crippen molar-refractivity contribution in [2.24, 2.45) is 10.8 Å². The molecular formula is C26H38. The number of allylic oxidation sites excluding steroid dienone is 3. The number of hydrogen-bond donors (Lipinski definition) is 0. The second-order valence-corrected chi connectivity index (χ2v) is 8.67. The standard InChI is InChI=1S/C13H18.C12H16.CH4/c1-11(10-13(2,3)4)12-8-6-5-7-9-12;1-12(2,3)10-9-11-7-5-4-6-8-11;/h5-10H,1-4H3;4-10H,1-3H3;1H4/b11-10+;10-9+;. The molecule has 0 amide bonds. The zero-order valence-corrected chi connectivity index (χ0v) is 17.0. The lowest BCUT2D eigenvalue weighted by Gasteiger charge is -2.14. The number of rotatable bonds is 2. The van der Waals surface area contributed by atoms with Crippen LogP contribution in [0, 0.1) is 10.8 Å². The van der Waals surface area contributed by atoms with Gasteiger partial charge in [0.1, 0.15) is 0 Å². The number of hydrogen-bond acceptors (Lipinski definition) is 0. The third-order valence-electron chi connectivity index (χ3n) is 3.45.